The number of carbonyl (C=O) groups excluding carboxylic acids is 3. The smallest absolute Gasteiger partial charge is 0.253 e. The first kappa shape index (κ1) is 24.3. The molecule has 0 spiro atoms. The van der Waals surface area contributed by atoms with E-state index >= 15 is 0 Å². The van der Waals surface area contributed by atoms with E-state index in [1.54, 1.807) is 42.5 Å². The zero-order valence-electron chi connectivity index (χ0n) is 19.7. The lowest BCUT2D eigenvalue weighted by molar-refractivity contribution is -0.114. The first-order valence-corrected chi connectivity index (χ1v) is 11.7. The van der Waals surface area contributed by atoms with Crippen molar-refractivity contribution >= 4 is 29.1 Å². The van der Waals surface area contributed by atoms with Gasteiger partial charge in [0, 0.05) is 41.6 Å². The number of anilines is 2. The molecule has 33 heavy (non-hydrogen) atoms. The number of rotatable bonds is 8. The third kappa shape index (κ3) is 7.07. The Morgan fingerprint density at radius 1 is 1.00 bits per heavy atom. The first-order valence-electron chi connectivity index (χ1n) is 11.7. The van der Waals surface area contributed by atoms with Gasteiger partial charge in [-0.05, 0) is 68.5 Å². The zero-order chi connectivity index (χ0) is 23.8. The van der Waals surface area contributed by atoms with Crippen molar-refractivity contribution in [2.45, 2.75) is 46.1 Å². The molecule has 2 aromatic rings. The Hall–Kier alpha value is -3.35. The van der Waals surface area contributed by atoms with Gasteiger partial charge in [0.2, 0.25) is 5.91 Å². The van der Waals surface area contributed by atoms with Crippen LogP contribution < -0.4 is 16.0 Å². The van der Waals surface area contributed by atoms with Gasteiger partial charge in [0.25, 0.3) is 11.8 Å². The topological polar surface area (TPSA) is 90.5 Å². The molecule has 0 saturated carbocycles. The standard InChI is InChI=1S/C26H34N4O3/c1-4-19(3)28-25(32)20-7-5-9-22(15-20)27-17-24(31)29-23-10-6-8-21(16-23)26(33)30-13-11-18(2)12-14-30/h5-10,15-16,18-19,27H,4,11-14,17H2,1-3H3,(H,28,32)(H,29,31). The highest BCUT2D eigenvalue weighted by atomic mass is 16.2. The zero-order valence-corrected chi connectivity index (χ0v) is 19.7. The molecule has 2 aromatic carbocycles. The fourth-order valence-electron chi connectivity index (χ4n) is 3.69. The summed E-state index contributed by atoms with van der Waals surface area (Å²) in [5.74, 6) is 0.286. The predicted octanol–water partition coefficient (Wildman–Crippen LogP) is 4.14. The van der Waals surface area contributed by atoms with Gasteiger partial charge >= 0.3 is 0 Å². The molecule has 0 aliphatic carbocycles. The van der Waals surface area contributed by atoms with Crippen molar-refractivity contribution in [1.29, 1.82) is 0 Å². The van der Waals surface area contributed by atoms with Gasteiger partial charge in [-0.3, -0.25) is 14.4 Å². The van der Waals surface area contributed by atoms with Crippen LogP contribution in [0.25, 0.3) is 0 Å². The summed E-state index contributed by atoms with van der Waals surface area (Å²) in [5, 5.41) is 8.82. The fraction of sp³-hybridized carbons (Fsp3) is 0.423. The maximum Gasteiger partial charge on any atom is 0.253 e. The lowest BCUT2D eigenvalue weighted by Crippen LogP contribution is -2.37. The number of piperidine rings is 1. The second kappa shape index (κ2) is 11.5. The Balaban J connectivity index is 1.54. The number of amides is 3. The molecule has 3 amide bonds. The van der Waals surface area contributed by atoms with Gasteiger partial charge in [-0.1, -0.05) is 26.0 Å². The molecule has 1 unspecified atom stereocenters. The maximum absolute atomic E-state index is 12.8. The Labute approximate surface area is 195 Å². The number of nitrogens with zero attached hydrogens (tertiary/aromatic N) is 1. The summed E-state index contributed by atoms with van der Waals surface area (Å²) in [6.07, 6.45) is 2.90. The van der Waals surface area contributed by atoms with Crippen molar-refractivity contribution in [1.82, 2.24) is 10.2 Å². The fourth-order valence-corrected chi connectivity index (χ4v) is 3.69. The third-order valence-corrected chi connectivity index (χ3v) is 6.03. The summed E-state index contributed by atoms with van der Waals surface area (Å²) in [5.41, 5.74) is 2.39. The van der Waals surface area contributed by atoms with Crippen LogP contribution in [-0.4, -0.2) is 48.3 Å². The summed E-state index contributed by atoms with van der Waals surface area (Å²) < 4.78 is 0. The largest absolute Gasteiger partial charge is 0.376 e. The molecule has 0 radical (unpaired) electrons. The molecule has 1 aliphatic rings. The van der Waals surface area contributed by atoms with Crippen LogP contribution in [0.1, 0.15) is 60.7 Å². The number of likely N-dealkylation sites (tertiary alicyclic amines) is 1. The highest BCUT2D eigenvalue weighted by Crippen LogP contribution is 2.20. The molecule has 1 aliphatic heterocycles. The molecule has 3 N–H and O–H groups in total. The van der Waals surface area contributed by atoms with Crippen molar-refractivity contribution in [3.8, 4) is 0 Å². The molecule has 1 fully saturated rings. The van der Waals surface area contributed by atoms with E-state index in [2.05, 4.69) is 22.9 Å². The van der Waals surface area contributed by atoms with Crippen LogP contribution in [0.3, 0.4) is 0 Å². The van der Waals surface area contributed by atoms with Crippen LogP contribution in [0, 0.1) is 5.92 Å². The van der Waals surface area contributed by atoms with Gasteiger partial charge in [-0.25, -0.2) is 0 Å². The minimum absolute atomic E-state index is 0.00334. The number of carbonyl (C=O) groups is 3. The van der Waals surface area contributed by atoms with E-state index < -0.39 is 0 Å². The maximum atomic E-state index is 12.8. The van der Waals surface area contributed by atoms with Crippen LogP contribution in [-0.2, 0) is 4.79 Å². The van der Waals surface area contributed by atoms with Crippen LogP contribution in [0.15, 0.2) is 48.5 Å². The van der Waals surface area contributed by atoms with Crippen LogP contribution in [0.4, 0.5) is 11.4 Å². The second-order valence-corrected chi connectivity index (χ2v) is 8.82. The number of benzene rings is 2. The summed E-state index contributed by atoms with van der Waals surface area (Å²) >= 11 is 0. The van der Waals surface area contributed by atoms with Crippen molar-refractivity contribution in [2.24, 2.45) is 5.92 Å². The minimum Gasteiger partial charge on any atom is -0.376 e. The molecule has 7 heteroatoms. The third-order valence-electron chi connectivity index (χ3n) is 6.03. The quantitative estimate of drug-likeness (QED) is 0.564. The average molecular weight is 451 g/mol. The Kier molecular flexibility index (Phi) is 8.46. The van der Waals surface area contributed by atoms with E-state index in [0.29, 0.717) is 28.4 Å². The van der Waals surface area contributed by atoms with E-state index in [1.165, 1.54) is 0 Å². The molecular weight excluding hydrogens is 416 g/mol. The van der Waals surface area contributed by atoms with Gasteiger partial charge < -0.3 is 20.9 Å². The minimum atomic E-state index is -0.235. The highest BCUT2D eigenvalue weighted by molar-refractivity contribution is 5.98. The molecular formula is C26H34N4O3. The van der Waals surface area contributed by atoms with Crippen LogP contribution >= 0.6 is 0 Å². The molecule has 3 rings (SSSR count). The van der Waals surface area contributed by atoms with Gasteiger partial charge in [0.1, 0.15) is 0 Å². The number of hydrogen-bond donors (Lipinski definition) is 3. The molecule has 7 nitrogen and oxygen atoms in total. The highest BCUT2D eigenvalue weighted by Gasteiger charge is 2.21. The van der Waals surface area contributed by atoms with E-state index in [4.69, 9.17) is 0 Å². The predicted molar refractivity (Wildman–Crippen MR) is 132 cm³/mol. The van der Waals surface area contributed by atoms with E-state index in [1.807, 2.05) is 24.8 Å². The molecule has 1 atom stereocenters. The Bertz CT molecular complexity index is 983. The molecule has 0 aromatic heterocycles. The Morgan fingerprint density at radius 3 is 2.33 bits per heavy atom. The van der Waals surface area contributed by atoms with Gasteiger partial charge in [-0.2, -0.15) is 0 Å². The summed E-state index contributed by atoms with van der Waals surface area (Å²) in [6.45, 7) is 7.77. The molecule has 1 saturated heterocycles. The molecule has 0 bridgehead atoms. The number of hydrogen-bond acceptors (Lipinski definition) is 4. The van der Waals surface area contributed by atoms with Crippen LogP contribution in [0.5, 0.6) is 0 Å². The first-order chi connectivity index (χ1) is 15.9. The summed E-state index contributed by atoms with van der Waals surface area (Å²) in [7, 11) is 0. The molecule has 1 heterocycles. The van der Waals surface area contributed by atoms with Crippen molar-refractivity contribution < 1.29 is 14.4 Å². The lowest BCUT2D eigenvalue weighted by Gasteiger charge is -2.30. The monoisotopic (exact) mass is 450 g/mol. The second-order valence-electron chi connectivity index (χ2n) is 8.82. The van der Waals surface area contributed by atoms with E-state index in [9.17, 15) is 14.4 Å². The van der Waals surface area contributed by atoms with Crippen molar-refractivity contribution in [2.75, 3.05) is 30.3 Å². The van der Waals surface area contributed by atoms with E-state index in [0.717, 1.165) is 32.4 Å². The molecule has 176 valence electrons. The Morgan fingerprint density at radius 2 is 1.64 bits per heavy atom. The summed E-state index contributed by atoms with van der Waals surface area (Å²) in [4.78, 5) is 39.5. The summed E-state index contributed by atoms with van der Waals surface area (Å²) in [6, 6.07) is 14.2. The van der Waals surface area contributed by atoms with Crippen molar-refractivity contribution in [3.63, 3.8) is 0 Å². The SMILES string of the molecule is CCC(C)NC(=O)c1cccc(NCC(=O)Nc2cccc(C(=O)N3CCC(C)CC3)c2)c1. The van der Waals surface area contributed by atoms with Gasteiger partial charge in [0.05, 0.1) is 6.54 Å². The van der Waals surface area contributed by atoms with Crippen LogP contribution in [0.2, 0.25) is 0 Å². The van der Waals surface area contributed by atoms with E-state index in [-0.39, 0.29) is 30.3 Å². The lowest BCUT2D eigenvalue weighted by atomic mass is 9.98. The normalized spacial score (nSPS) is 14.9. The van der Waals surface area contributed by atoms with Gasteiger partial charge in [-0.15, -0.1) is 0 Å². The van der Waals surface area contributed by atoms with Crippen molar-refractivity contribution in [3.05, 3.63) is 59.7 Å². The van der Waals surface area contributed by atoms with Gasteiger partial charge in [0.15, 0.2) is 0 Å². The number of nitrogens with one attached hydrogen (secondary N) is 3. The average Bonchev–Trinajstić information content (AvgIpc) is 2.83.